The van der Waals surface area contributed by atoms with Gasteiger partial charge in [-0.05, 0) is 30.7 Å². The van der Waals surface area contributed by atoms with Crippen LogP contribution in [0.25, 0.3) is 11.3 Å². The van der Waals surface area contributed by atoms with Crippen LogP contribution in [0.3, 0.4) is 0 Å². The minimum atomic E-state index is -0.0285. The normalized spacial score (nSPS) is 10.3. The summed E-state index contributed by atoms with van der Waals surface area (Å²) in [7, 11) is 4.01. The van der Waals surface area contributed by atoms with Crippen LogP contribution in [0.4, 0.5) is 5.69 Å². The first-order valence-corrected chi connectivity index (χ1v) is 5.55. The summed E-state index contributed by atoms with van der Waals surface area (Å²) >= 11 is 0. The molecule has 88 valence electrons. The quantitative estimate of drug-likeness (QED) is 0.857. The first-order chi connectivity index (χ1) is 8.08. The van der Waals surface area contributed by atoms with Gasteiger partial charge in [0.05, 0.1) is 0 Å². The number of hydrogen-bond acceptors (Lipinski definition) is 2. The molecule has 3 nitrogen and oxygen atoms in total. The van der Waals surface area contributed by atoms with Crippen LogP contribution >= 0.6 is 0 Å². The third-order valence-corrected chi connectivity index (χ3v) is 2.80. The van der Waals surface area contributed by atoms with E-state index in [4.69, 9.17) is 0 Å². The molecule has 0 saturated heterocycles. The van der Waals surface area contributed by atoms with Gasteiger partial charge in [0, 0.05) is 31.0 Å². The van der Waals surface area contributed by atoms with E-state index in [0.717, 1.165) is 22.5 Å². The van der Waals surface area contributed by atoms with Crippen LogP contribution in [-0.4, -0.2) is 19.1 Å². The molecule has 0 fully saturated rings. The smallest absolute Gasteiger partial charge is 0.251 e. The number of aromatic amines is 1. The molecule has 1 aromatic heterocycles. The minimum Gasteiger partial charge on any atom is -0.378 e. The van der Waals surface area contributed by atoms with Crippen molar-refractivity contribution in [1.82, 2.24) is 4.98 Å². The van der Waals surface area contributed by atoms with Gasteiger partial charge >= 0.3 is 0 Å². The highest BCUT2D eigenvalue weighted by Gasteiger charge is 2.01. The van der Waals surface area contributed by atoms with Gasteiger partial charge in [-0.15, -0.1) is 0 Å². The SMILES string of the molecule is Cc1ccc(-c2ccc(N(C)C)cc2)[nH]c1=O. The molecule has 0 saturated carbocycles. The van der Waals surface area contributed by atoms with Crippen LogP contribution in [0.15, 0.2) is 41.2 Å². The van der Waals surface area contributed by atoms with Gasteiger partial charge < -0.3 is 9.88 Å². The number of benzene rings is 1. The molecule has 0 aliphatic carbocycles. The van der Waals surface area contributed by atoms with Gasteiger partial charge in [-0.3, -0.25) is 4.79 Å². The number of hydrogen-bond donors (Lipinski definition) is 1. The summed E-state index contributed by atoms with van der Waals surface area (Å²) in [5, 5.41) is 0. The maximum Gasteiger partial charge on any atom is 0.251 e. The fourth-order valence-electron chi connectivity index (χ4n) is 1.65. The number of aromatic nitrogens is 1. The molecule has 0 radical (unpaired) electrons. The molecule has 3 heteroatoms. The lowest BCUT2D eigenvalue weighted by Gasteiger charge is -2.12. The summed E-state index contributed by atoms with van der Waals surface area (Å²) < 4.78 is 0. The maximum atomic E-state index is 11.5. The van der Waals surface area contributed by atoms with Crippen molar-refractivity contribution in [3.8, 4) is 11.3 Å². The highest BCUT2D eigenvalue weighted by molar-refractivity contribution is 5.62. The second-order valence-electron chi connectivity index (χ2n) is 4.33. The average Bonchev–Trinajstić information content (AvgIpc) is 2.33. The number of aryl methyl sites for hydroxylation is 1. The molecule has 0 aliphatic rings. The van der Waals surface area contributed by atoms with E-state index < -0.39 is 0 Å². The Balaban J connectivity index is 2.40. The van der Waals surface area contributed by atoms with E-state index in [1.165, 1.54) is 0 Å². The Hall–Kier alpha value is -2.03. The lowest BCUT2D eigenvalue weighted by molar-refractivity contribution is 1.13. The molecule has 17 heavy (non-hydrogen) atoms. The number of nitrogens with one attached hydrogen (secondary N) is 1. The van der Waals surface area contributed by atoms with Gasteiger partial charge in [-0.1, -0.05) is 18.2 Å². The van der Waals surface area contributed by atoms with E-state index in [1.54, 1.807) is 6.92 Å². The average molecular weight is 228 g/mol. The van der Waals surface area contributed by atoms with Gasteiger partial charge in [-0.25, -0.2) is 0 Å². The molecule has 0 bridgehead atoms. The molecule has 1 heterocycles. The van der Waals surface area contributed by atoms with Crippen molar-refractivity contribution in [3.63, 3.8) is 0 Å². The molecule has 1 aromatic carbocycles. The van der Waals surface area contributed by atoms with Gasteiger partial charge in [-0.2, -0.15) is 0 Å². The van der Waals surface area contributed by atoms with E-state index in [9.17, 15) is 4.79 Å². The third-order valence-electron chi connectivity index (χ3n) is 2.80. The zero-order valence-electron chi connectivity index (χ0n) is 10.3. The van der Waals surface area contributed by atoms with E-state index in [-0.39, 0.29) is 5.56 Å². The van der Waals surface area contributed by atoms with Crippen molar-refractivity contribution >= 4 is 5.69 Å². The summed E-state index contributed by atoms with van der Waals surface area (Å²) in [5.41, 5.74) is 3.72. The number of pyridine rings is 1. The van der Waals surface area contributed by atoms with Crippen LogP contribution in [0.5, 0.6) is 0 Å². The van der Waals surface area contributed by atoms with Crippen molar-refractivity contribution < 1.29 is 0 Å². The maximum absolute atomic E-state index is 11.5. The molecule has 0 unspecified atom stereocenters. The predicted molar refractivity (Wildman–Crippen MR) is 71.6 cm³/mol. The fourth-order valence-corrected chi connectivity index (χ4v) is 1.65. The molecule has 0 spiro atoms. The van der Waals surface area contributed by atoms with Crippen LogP contribution in [0.1, 0.15) is 5.56 Å². The minimum absolute atomic E-state index is 0.0285. The van der Waals surface area contributed by atoms with E-state index in [2.05, 4.69) is 4.98 Å². The lowest BCUT2D eigenvalue weighted by Crippen LogP contribution is -2.10. The van der Waals surface area contributed by atoms with Gasteiger partial charge in [0.25, 0.3) is 5.56 Å². The first-order valence-electron chi connectivity index (χ1n) is 5.55. The third kappa shape index (κ3) is 2.38. The summed E-state index contributed by atoms with van der Waals surface area (Å²) in [6.07, 6.45) is 0. The van der Waals surface area contributed by atoms with E-state index in [0.29, 0.717) is 0 Å². The van der Waals surface area contributed by atoms with Crippen LogP contribution < -0.4 is 10.5 Å². The highest BCUT2D eigenvalue weighted by atomic mass is 16.1. The molecular weight excluding hydrogens is 212 g/mol. The summed E-state index contributed by atoms with van der Waals surface area (Å²) in [4.78, 5) is 16.4. The Morgan fingerprint density at radius 2 is 1.65 bits per heavy atom. The Bertz CT molecular complexity index is 568. The fraction of sp³-hybridized carbons (Fsp3) is 0.214. The zero-order chi connectivity index (χ0) is 12.4. The number of rotatable bonds is 2. The van der Waals surface area contributed by atoms with Crippen LogP contribution in [-0.2, 0) is 0 Å². The standard InChI is InChI=1S/C14H16N2O/c1-10-4-9-13(15-14(10)17)11-5-7-12(8-6-11)16(2)3/h4-9H,1-3H3,(H,15,17). The van der Waals surface area contributed by atoms with Crippen molar-refractivity contribution in [2.75, 3.05) is 19.0 Å². The van der Waals surface area contributed by atoms with Crippen LogP contribution in [0.2, 0.25) is 0 Å². The van der Waals surface area contributed by atoms with Crippen molar-refractivity contribution in [2.24, 2.45) is 0 Å². The Morgan fingerprint density at radius 1 is 1.00 bits per heavy atom. The molecule has 1 N–H and O–H groups in total. The van der Waals surface area contributed by atoms with Crippen molar-refractivity contribution in [2.45, 2.75) is 6.92 Å². The molecule has 0 amide bonds. The molecule has 0 aliphatic heterocycles. The second-order valence-corrected chi connectivity index (χ2v) is 4.33. The first kappa shape index (κ1) is 11.5. The Labute approximate surface area is 101 Å². The topological polar surface area (TPSA) is 36.1 Å². The van der Waals surface area contributed by atoms with Gasteiger partial charge in [0.15, 0.2) is 0 Å². The Morgan fingerprint density at radius 3 is 2.18 bits per heavy atom. The highest BCUT2D eigenvalue weighted by Crippen LogP contribution is 2.19. The number of anilines is 1. The van der Waals surface area contributed by atoms with E-state index in [1.807, 2.05) is 55.4 Å². The second kappa shape index (κ2) is 4.45. The van der Waals surface area contributed by atoms with Crippen molar-refractivity contribution in [3.05, 3.63) is 52.3 Å². The summed E-state index contributed by atoms with van der Waals surface area (Å²) in [6.45, 7) is 1.80. The number of nitrogens with zero attached hydrogens (tertiary/aromatic N) is 1. The van der Waals surface area contributed by atoms with E-state index >= 15 is 0 Å². The molecule has 2 rings (SSSR count). The summed E-state index contributed by atoms with van der Waals surface area (Å²) in [5.74, 6) is 0. The van der Waals surface area contributed by atoms with Crippen LogP contribution in [0, 0.1) is 6.92 Å². The lowest BCUT2D eigenvalue weighted by atomic mass is 10.1. The molecule has 0 atom stereocenters. The van der Waals surface area contributed by atoms with Crippen molar-refractivity contribution in [1.29, 1.82) is 0 Å². The molecule has 2 aromatic rings. The Kier molecular flexibility index (Phi) is 3.00. The summed E-state index contributed by atoms with van der Waals surface area (Å²) in [6, 6.07) is 11.9. The zero-order valence-corrected chi connectivity index (χ0v) is 10.3. The van der Waals surface area contributed by atoms with Gasteiger partial charge in [0.1, 0.15) is 0 Å². The number of H-pyrrole nitrogens is 1. The molecular formula is C14H16N2O. The monoisotopic (exact) mass is 228 g/mol. The largest absolute Gasteiger partial charge is 0.378 e. The predicted octanol–water partition coefficient (Wildman–Crippen LogP) is 2.42. The van der Waals surface area contributed by atoms with Gasteiger partial charge in [0.2, 0.25) is 0 Å².